The Hall–Kier alpha value is -0.810. The number of rotatable bonds is 4. The van der Waals surface area contributed by atoms with Crippen LogP contribution in [-0.2, 0) is 4.74 Å². The molecular weight excluding hydrogens is 308 g/mol. The van der Waals surface area contributed by atoms with Crippen molar-refractivity contribution < 1.29 is 9.53 Å². The van der Waals surface area contributed by atoms with Gasteiger partial charge >= 0.3 is 0 Å². The van der Waals surface area contributed by atoms with Crippen molar-refractivity contribution in [3.63, 3.8) is 0 Å². The van der Waals surface area contributed by atoms with Crippen LogP contribution in [0.2, 0.25) is 0 Å². The molecule has 0 aliphatic carbocycles. The quantitative estimate of drug-likeness (QED) is 0.923. The summed E-state index contributed by atoms with van der Waals surface area (Å²) in [6.07, 6.45) is 4.17. The van der Waals surface area contributed by atoms with E-state index in [4.69, 9.17) is 4.74 Å². The maximum absolute atomic E-state index is 12.2. The second kappa shape index (κ2) is 6.57. The number of carbonyl (C=O) groups is 1. The molecule has 106 valence electrons. The monoisotopic (exact) mass is 328 g/mol. The third kappa shape index (κ3) is 3.83. The van der Waals surface area contributed by atoms with Gasteiger partial charge in [0.15, 0.2) is 0 Å². The summed E-state index contributed by atoms with van der Waals surface area (Å²) in [5.74, 6) is 0.438. The summed E-state index contributed by atoms with van der Waals surface area (Å²) in [5, 5.41) is 3.02. The van der Waals surface area contributed by atoms with Crippen LogP contribution in [0.4, 0.5) is 0 Å². The van der Waals surface area contributed by atoms with E-state index in [-0.39, 0.29) is 11.9 Å². The maximum Gasteiger partial charge on any atom is 0.267 e. The Balaban J connectivity index is 1.95. The highest BCUT2D eigenvalue weighted by atomic mass is 79.9. The van der Waals surface area contributed by atoms with Crippen LogP contribution >= 0.6 is 15.9 Å². The van der Waals surface area contributed by atoms with Gasteiger partial charge in [-0.1, -0.05) is 0 Å². The van der Waals surface area contributed by atoms with E-state index in [1.165, 1.54) is 0 Å². The van der Waals surface area contributed by atoms with Gasteiger partial charge in [-0.15, -0.1) is 0 Å². The van der Waals surface area contributed by atoms with Gasteiger partial charge in [0, 0.05) is 29.9 Å². The third-order valence-electron chi connectivity index (χ3n) is 3.41. The Kier molecular flexibility index (Phi) is 5.05. The third-order valence-corrected chi connectivity index (χ3v) is 3.84. The summed E-state index contributed by atoms with van der Waals surface area (Å²) in [6, 6.07) is 2.14. The standard InChI is InChI=1S/C14H21BrN2O2/c1-10(2)17-8-12(15)6-13(17)14(18)16-7-11-4-3-5-19-9-11/h6,8,10-11H,3-5,7,9H2,1-2H3,(H,16,18). The summed E-state index contributed by atoms with van der Waals surface area (Å²) in [7, 11) is 0. The van der Waals surface area contributed by atoms with Gasteiger partial charge in [-0.2, -0.15) is 0 Å². The number of hydrogen-bond donors (Lipinski definition) is 1. The molecular formula is C14H21BrN2O2. The number of amides is 1. The fraction of sp³-hybridized carbons (Fsp3) is 0.643. The van der Waals surface area contributed by atoms with Crippen LogP contribution in [0.3, 0.4) is 0 Å². The van der Waals surface area contributed by atoms with Crippen molar-refractivity contribution in [3.8, 4) is 0 Å². The molecule has 1 atom stereocenters. The molecule has 19 heavy (non-hydrogen) atoms. The number of halogens is 1. The van der Waals surface area contributed by atoms with Crippen molar-refractivity contribution in [1.82, 2.24) is 9.88 Å². The van der Waals surface area contributed by atoms with E-state index >= 15 is 0 Å². The van der Waals surface area contributed by atoms with E-state index in [2.05, 4.69) is 35.1 Å². The minimum absolute atomic E-state index is 0.00928. The molecule has 1 aliphatic heterocycles. The Morgan fingerprint density at radius 2 is 2.42 bits per heavy atom. The lowest BCUT2D eigenvalue weighted by atomic mass is 10.0. The highest BCUT2D eigenvalue weighted by Gasteiger charge is 2.18. The lowest BCUT2D eigenvalue weighted by Crippen LogP contribution is -2.34. The van der Waals surface area contributed by atoms with Crippen molar-refractivity contribution in [2.75, 3.05) is 19.8 Å². The number of carbonyl (C=O) groups excluding carboxylic acids is 1. The number of ether oxygens (including phenoxy) is 1. The highest BCUT2D eigenvalue weighted by molar-refractivity contribution is 9.10. The summed E-state index contributed by atoms with van der Waals surface area (Å²) in [5.41, 5.74) is 0.707. The molecule has 1 unspecified atom stereocenters. The molecule has 1 fully saturated rings. The first-order chi connectivity index (χ1) is 9.08. The summed E-state index contributed by atoms with van der Waals surface area (Å²) in [4.78, 5) is 12.2. The van der Waals surface area contributed by atoms with Crippen molar-refractivity contribution in [3.05, 3.63) is 22.4 Å². The van der Waals surface area contributed by atoms with E-state index < -0.39 is 0 Å². The van der Waals surface area contributed by atoms with Gasteiger partial charge in [0.25, 0.3) is 5.91 Å². The van der Waals surface area contributed by atoms with Crippen LogP contribution in [0.25, 0.3) is 0 Å². The number of nitrogens with zero attached hydrogens (tertiary/aromatic N) is 1. The normalized spacial score (nSPS) is 19.7. The summed E-state index contributed by atoms with van der Waals surface area (Å²) < 4.78 is 8.34. The second-order valence-electron chi connectivity index (χ2n) is 5.34. The first-order valence-electron chi connectivity index (χ1n) is 6.81. The predicted molar refractivity (Wildman–Crippen MR) is 78.4 cm³/mol. The minimum atomic E-state index is -0.00928. The minimum Gasteiger partial charge on any atom is -0.381 e. The summed E-state index contributed by atoms with van der Waals surface area (Å²) in [6.45, 7) is 6.44. The van der Waals surface area contributed by atoms with E-state index in [1.54, 1.807) is 0 Å². The van der Waals surface area contributed by atoms with Crippen LogP contribution in [0.15, 0.2) is 16.7 Å². The molecule has 1 saturated heterocycles. The molecule has 0 aromatic carbocycles. The average molecular weight is 329 g/mol. The average Bonchev–Trinajstić information content (AvgIpc) is 2.79. The second-order valence-corrected chi connectivity index (χ2v) is 6.25. The van der Waals surface area contributed by atoms with E-state index in [0.29, 0.717) is 18.2 Å². The highest BCUT2D eigenvalue weighted by Crippen LogP contribution is 2.19. The van der Waals surface area contributed by atoms with Crippen LogP contribution in [0, 0.1) is 5.92 Å². The molecule has 1 N–H and O–H groups in total. The van der Waals surface area contributed by atoms with Crippen molar-refractivity contribution in [1.29, 1.82) is 0 Å². The van der Waals surface area contributed by atoms with Crippen LogP contribution in [-0.4, -0.2) is 30.2 Å². The zero-order valence-corrected chi connectivity index (χ0v) is 13.1. The molecule has 2 rings (SSSR count). The fourth-order valence-corrected chi connectivity index (χ4v) is 2.79. The van der Waals surface area contributed by atoms with Gasteiger partial charge in [0.2, 0.25) is 0 Å². The number of hydrogen-bond acceptors (Lipinski definition) is 2. The van der Waals surface area contributed by atoms with Gasteiger partial charge in [0.05, 0.1) is 6.61 Å². The van der Waals surface area contributed by atoms with Crippen LogP contribution in [0.5, 0.6) is 0 Å². The topological polar surface area (TPSA) is 43.3 Å². The molecule has 1 aromatic rings. The van der Waals surface area contributed by atoms with Gasteiger partial charge in [0.1, 0.15) is 5.69 Å². The smallest absolute Gasteiger partial charge is 0.267 e. The summed E-state index contributed by atoms with van der Waals surface area (Å²) >= 11 is 3.43. The molecule has 0 bridgehead atoms. The van der Waals surface area contributed by atoms with Gasteiger partial charge in [-0.25, -0.2) is 0 Å². The predicted octanol–water partition coefficient (Wildman–Crippen LogP) is 2.99. The number of aromatic nitrogens is 1. The molecule has 1 amide bonds. The van der Waals surface area contributed by atoms with Crippen LogP contribution < -0.4 is 5.32 Å². The SMILES string of the molecule is CC(C)n1cc(Br)cc1C(=O)NCC1CCCOC1. The Bertz CT molecular complexity index is 437. The largest absolute Gasteiger partial charge is 0.381 e. The van der Waals surface area contributed by atoms with Crippen molar-refractivity contribution >= 4 is 21.8 Å². The molecule has 4 nitrogen and oxygen atoms in total. The lowest BCUT2D eigenvalue weighted by Gasteiger charge is -2.22. The molecule has 1 aromatic heterocycles. The Morgan fingerprint density at radius 1 is 1.63 bits per heavy atom. The first kappa shape index (κ1) is 14.6. The van der Waals surface area contributed by atoms with E-state index in [1.807, 2.05) is 16.8 Å². The van der Waals surface area contributed by atoms with Gasteiger partial charge < -0.3 is 14.6 Å². The molecule has 0 saturated carbocycles. The molecule has 0 spiro atoms. The fourth-order valence-electron chi connectivity index (χ4n) is 2.35. The molecule has 0 radical (unpaired) electrons. The van der Waals surface area contributed by atoms with E-state index in [9.17, 15) is 4.79 Å². The van der Waals surface area contributed by atoms with Gasteiger partial charge in [-0.05, 0) is 54.6 Å². The van der Waals surface area contributed by atoms with Gasteiger partial charge in [-0.3, -0.25) is 4.79 Å². The Labute approximate surface area is 122 Å². The molecule has 2 heterocycles. The van der Waals surface area contributed by atoms with E-state index in [0.717, 1.165) is 30.5 Å². The van der Waals surface area contributed by atoms with Crippen molar-refractivity contribution in [2.45, 2.75) is 32.7 Å². The maximum atomic E-state index is 12.2. The molecule has 1 aliphatic rings. The lowest BCUT2D eigenvalue weighted by molar-refractivity contribution is 0.0535. The van der Waals surface area contributed by atoms with Crippen LogP contribution in [0.1, 0.15) is 43.2 Å². The molecule has 5 heteroatoms. The zero-order valence-electron chi connectivity index (χ0n) is 11.5. The van der Waals surface area contributed by atoms with Crippen molar-refractivity contribution in [2.24, 2.45) is 5.92 Å². The zero-order chi connectivity index (χ0) is 13.8. The Morgan fingerprint density at radius 3 is 3.05 bits per heavy atom. The number of nitrogens with one attached hydrogen (secondary N) is 1. The first-order valence-corrected chi connectivity index (χ1v) is 7.60.